The Morgan fingerprint density at radius 3 is 2.11 bits per heavy atom. The number of anilines is 1. The van der Waals surface area contributed by atoms with E-state index in [1.165, 1.54) is 13.8 Å². The molecule has 2 aromatic rings. The molecule has 0 fully saturated rings. The van der Waals surface area contributed by atoms with Crippen molar-refractivity contribution in [2.24, 2.45) is 0 Å². The number of amides is 1. The van der Waals surface area contributed by atoms with Crippen LogP contribution in [0.3, 0.4) is 0 Å². The zero-order valence-electron chi connectivity index (χ0n) is 19.0. The fourth-order valence-electron chi connectivity index (χ4n) is 2.80. The molecule has 0 saturated heterocycles. The van der Waals surface area contributed by atoms with Crippen molar-refractivity contribution >= 4 is 17.7 Å². The summed E-state index contributed by atoms with van der Waals surface area (Å²) in [6.07, 6.45) is -7.01. The largest absolute Gasteiger partial charge is 0.470 e. The van der Waals surface area contributed by atoms with Crippen molar-refractivity contribution in [3.8, 4) is 11.6 Å². The van der Waals surface area contributed by atoms with Gasteiger partial charge in [0, 0.05) is 13.0 Å². The monoisotopic (exact) mass is 553 g/mol. The van der Waals surface area contributed by atoms with Crippen molar-refractivity contribution in [3.63, 3.8) is 0 Å². The van der Waals surface area contributed by atoms with Crippen molar-refractivity contribution in [2.45, 2.75) is 44.7 Å². The first kappa shape index (κ1) is 29.7. The van der Waals surface area contributed by atoms with E-state index >= 15 is 0 Å². The SMILES string of the molecule is CCOC(=O)c1cc(-n2nc(OCC(F)(F)C(F)(F)C(F)(F)C(F)(F)F)cc2NC(C)=O)c(F)cc1C. The third kappa shape index (κ3) is 5.74. The van der Waals surface area contributed by atoms with Gasteiger partial charge in [0.05, 0.1) is 12.2 Å². The number of halogens is 10. The normalized spacial score (nSPS) is 12.9. The molecule has 0 unspecified atom stereocenters. The van der Waals surface area contributed by atoms with Gasteiger partial charge in [-0.05, 0) is 31.5 Å². The first-order chi connectivity index (χ1) is 16.8. The Morgan fingerprint density at radius 2 is 1.59 bits per heavy atom. The second-order valence-corrected chi connectivity index (χ2v) is 7.44. The Labute approximate surface area is 201 Å². The van der Waals surface area contributed by atoms with Gasteiger partial charge in [-0.2, -0.15) is 39.5 Å². The maximum Gasteiger partial charge on any atom is 0.460 e. The van der Waals surface area contributed by atoms with E-state index in [4.69, 9.17) is 4.74 Å². The van der Waals surface area contributed by atoms with Crippen molar-refractivity contribution in [1.82, 2.24) is 9.78 Å². The van der Waals surface area contributed by atoms with Gasteiger partial charge in [0.2, 0.25) is 11.8 Å². The molecular formula is C20H17F10N3O4. The second kappa shape index (κ2) is 10.1. The Hall–Kier alpha value is -3.53. The van der Waals surface area contributed by atoms with E-state index in [1.54, 1.807) is 0 Å². The number of esters is 1. The van der Waals surface area contributed by atoms with Gasteiger partial charge in [-0.15, -0.1) is 5.10 Å². The molecule has 7 nitrogen and oxygen atoms in total. The van der Waals surface area contributed by atoms with E-state index in [2.05, 4.69) is 15.2 Å². The number of nitrogens with zero attached hydrogens (tertiary/aromatic N) is 2. The first-order valence-electron chi connectivity index (χ1n) is 9.95. The minimum atomic E-state index is -7.12. The van der Waals surface area contributed by atoms with Gasteiger partial charge < -0.3 is 14.8 Å². The maximum atomic E-state index is 14.7. The number of hydrogen-bond acceptors (Lipinski definition) is 5. The fourth-order valence-corrected chi connectivity index (χ4v) is 2.80. The lowest BCUT2D eigenvalue weighted by atomic mass is 10.0. The van der Waals surface area contributed by atoms with E-state index in [0.29, 0.717) is 10.7 Å². The van der Waals surface area contributed by atoms with E-state index < -0.39 is 65.6 Å². The molecule has 0 aliphatic heterocycles. The van der Waals surface area contributed by atoms with Crippen molar-refractivity contribution in [3.05, 3.63) is 35.1 Å². The van der Waals surface area contributed by atoms with E-state index in [1.807, 2.05) is 0 Å². The predicted molar refractivity (Wildman–Crippen MR) is 105 cm³/mol. The summed E-state index contributed by atoms with van der Waals surface area (Å²) in [7, 11) is 0. The summed E-state index contributed by atoms with van der Waals surface area (Å²) in [6.45, 7) is 0.986. The number of alkyl halides is 9. The summed E-state index contributed by atoms with van der Waals surface area (Å²) in [5.41, 5.74) is -0.699. The zero-order valence-corrected chi connectivity index (χ0v) is 19.0. The Kier molecular flexibility index (Phi) is 8.09. The molecule has 0 spiro atoms. The van der Waals surface area contributed by atoms with Gasteiger partial charge in [0.15, 0.2) is 6.61 Å². The van der Waals surface area contributed by atoms with Crippen LogP contribution in [0.25, 0.3) is 5.69 Å². The number of aromatic nitrogens is 2. The van der Waals surface area contributed by atoms with Crippen LogP contribution in [0.15, 0.2) is 18.2 Å². The van der Waals surface area contributed by atoms with Gasteiger partial charge in [-0.3, -0.25) is 4.79 Å². The summed E-state index contributed by atoms with van der Waals surface area (Å²) in [4.78, 5) is 23.6. The topological polar surface area (TPSA) is 82.5 Å². The number of hydrogen-bond donors (Lipinski definition) is 1. The number of carbonyl (C=O) groups excluding carboxylic acids is 2. The third-order valence-corrected chi connectivity index (χ3v) is 4.62. The Bertz CT molecular complexity index is 1180. The highest BCUT2D eigenvalue weighted by Gasteiger charge is 2.81. The lowest BCUT2D eigenvalue weighted by molar-refractivity contribution is -0.398. The molecule has 17 heteroatoms. The van der Waals surface area contributed by atoms with Crippen molar-refractivity contribution < 1.29 is 63.0 Å². The number of nitrogens with one attached hydrogen (secondary N) is 1. The summed E-state index contributed by atoms with van der Waals surface area (Å²) in [5, 5.41) is 5.54. The minimum Gasteiger partial charge on any atom is -0.470 e. The lowest BCUT2D eigenvalue weighted by Gasteiger charge is -2.33. The predicted octanol–water partition coefficient (Wildman–Crippen LogP) is 5.30. The third-order valence-electron chi connectivity index (χ3n) is 4.62. The molecule has 1 amide bonds. The number of rotatable bonds is 9. The fraction of sp³-hybridized carbons (Fsp3) is 0.450. The molecule has 1 aromatic carbocycles. The average Bonchev–Trinajstić information content (AvgIpc) is 3.13. The lowest BCUT2D eigenvalue weighted by Crippen LogP contribution is -2.62. The molecule has 1 N–H and O–H groups in total. The second-order valence-electron chi connectivity index (χ2n) is 7.44. The van der Waals surface area contributed by atoms with Gasteiger partial charge in [0.1, 0.15) is 17.3 Å². The van der Waals surface area contributed by atoms with Crippen molar-refractivity contribution in [2.75, 3.05) is 18.5 Å². The van der Waals surface area contributed by atoms with Gasteiger partial charge in [0.25, 0.3) is 0 Å². The standard InChI is InChI=1S/C20H17F10N3O4/c1-4-36-16(35)11-6-13(12(21)5-9(11)2)33-14(31-10(3)34)7-15(32-33)37-8-17(22,23)18(24,25)19(26,27)20(28,29)30/h5-7H,4,8H2,1-3H3,(H,31,34). The molecule has 0 aliphatic rings. The first-order valence-corrected chi connectivity index (χ1v) is 9.95. The molecule has 37 heavy (non-hydrogen) atoms. The zero-order chi connectivity index (χ0) is 28.6. The molecule has 0 bridgehead atoms. The Morgan fingerprint density at radius 1 is 1.00 bits per heavy atom. The maximum absolute atomic E-state index is 14.7. The van der Waals surface area contributed by atoms with Crippen LogP contribution < -0.4 is 10.1 Å². The minimum absolute atomic E-state index is 0.0614. The van der Waals surface area contributed by atoms with Crippen LogP contribution in [0.2, 0.25) is 0 Å². The van der Waals surface area contributed by atoms with E-state index in [-0.39, 0.29) is 17.7 Å². The smallest absolute Gasteiger partial charge is 0.460 e. The quantitative estimate of drug-likeness (QED) is 0.337. The van der Waals surface area contributed by atoms with Crippen LogP contribution in [0.1, 0.15) is 29.8 Å². The molecule has 0 saturated carbocycles. The molecule has 1 aromatic heterocycles. The molecule has 0 aliphatic carbocycles. The molecule has 0 atom stereocenters. The molecule has 206 valence electrons. The highest BCUT2D eigenvalue weighted by atomic mass is 19.4. The van der Waals surface area contributed by atoms with Crippen LogP contribution in [0.4, 0.5) is 49.7 Å². The highest BCUT2D eigenvalue weighted by molar-refractivity contribution is 5.92. The Balaban J connectivity index is 2.49. The van der Waals surface area contributed by atoms with Crippen LogP contribution >= 0.6 is 0 Å². The van der Waals surface area contributed by atoms with Gasteiger partial charge in [-0.1, -0.05) is 0 Å². The van der Waals surface area contributed by atoms with E-state index in [9.17, 15) is 53.5 Å². The summed E-state index contributed by atoms with van der Waals surface area (Å²) >= 11 is 0. The number of aryl methyl sites for hydroxylation is 1. The number of carbonyl (C=O) groups is 2. The van der Waals surface area contributed by atoms with Crippen LogP contribution in [0, 0.1) is 12.7 Å². The van der Waals surface area contributed by atoms with Gasteiger partial charge in [-0.25, -0.2) is 13.9 Å². The average molecular weight is 553 g/mol. The van der Waals surface area contributed by atoms with E-state index in [0.717, 1.165) is 19.1 Å². The molecule has 1 heterocycles. The summed E-state index contributed by atoms with van der Waals surface area (Å²) < 4.78 is 142. The molecule has 2 rings (SSSR count). The van der Waals surface area contributed by atoms with Gasteiger partial charge >= 0.3 is 29.9 Å². The molecular weight excluding hydrogens is 536 g/mol. The summed E-state index contributed by atoms with van der Waals surface area (Å²) in [5.74, 6) is -24.6. The van der Waals surface area contributed by atoms with Crippen molar-refractivity contribution in [1.29, 1.82) is 0 Å². The van der Waals surface area contributed by atoms with Crippen LogP contribution in [-0.4, -0.2) is 58.8 Å². The van der Waals surface area contributed by atoms with Crippen LogP contribution in [0.5, 0.6) is 5.88 Å². The summed E-state index contributed by atoms with van der Waals surface area (Å²) in [6, 6.07) is 2.30. The number of benzene rings is 1. The molecule has 0 radical (unpaired) electrons. The van der Waals surface area contributed by atoms with Crippen LogP contribution in [-0.2, 0) is 9.53 Å². The highest BCUT2D eigenvalue weighted by Crippen LogP contribution is 2.53. The number of ether oxygens (including phenoxy) is 2.